The molecule has 0 saturated heterocycles. The lowest BCUT2D eigenvalue weighted by molar-refractivity contribution is -0.121. The third-order valence-electron chi connectivity index (χ3n) is 2.55. The maximum Gasteiger partial charge on any atom is 0.240 e. The van der Waals surface area contributed by atoms with Gasteiger partial charge in [-0.05, 0) is 25.0 Å². The Morgan fingerprint density at radius 3 is 2.84 bits per heavy atom. The van der Waals surface area contributed by atoms with Crippen LogP contribution in [0.3, 0.4) is 0 Å². The summed E-state index contributed by atoms with van der Waals surface area (Å²) >= 11 is 1.58. The number of fused-ring (bicyclic) bond motifs is 1. The number of benzene rings is 1. The van der Waals surface area contributed by atoms with E-state index >= 15 is 0 Å². The van der Waals surface area contributed by atoms with Crippen molar-refractivity contribution in [3.05, 3.63) is 29.3 Å². The van der Waals surface area contributed by atoms with Gasteiger partial charge in [0.25, 0.3) is 0 Å². The van der Waals surface area contributed by atoms with Crippen molar-refractivity contribution in [2.24, 2.45) is 11.0 Å². The molecular formula is C14H17N3OS. The summed E-state index contributed by atoms with van der Waals surface area (Å²) in [5.74, 6) is 0.272. The number of para-hydroxylation sites is 1. The van der Waals surface area contributed by atoms with Gasteiger partial charge in [0.05, 0.1) is 15.9 Å². The van der Waals surface area contributed by atoms with Crippen LogP contribution in [0.4, 0.5) is 0 Å². The van der Waals surface area contributed by atoms with Crippen LogP contribution < -0.4 is 5.43 Å². The highest BCUT2D eigenvalue weighted by molar-refractivity contribution is 7.20. The third-order valence-corrected chi connectivity index (χ3v) is 3.69. The lowest BCUT2D eigenvalue weighted by Gasteiger charge is -2.02. The minimum Gasteiger partial charge on any atom is -0.273 e. The number of hydrogen-bond donors (Lipinski definition) is 1. The zero-order valence-corrected chi connectivity index (χ0v) is 12.1. The van der Waals surface area contributed by atoms with Crippen LogP contribution in [0.1, 0.15) is 32.2 Å². The van der Waals surface area contributed by atoms with Crippen molar-refractivity contribution in [3.63, 3.8) is 0 Å². The fourth-order valence-electron chi connectivity index (χ4n) is 1.64. The highest BCUT2D eigenvalue weighted by Gasteiger charge is 2.07. The summed E-state index contributed by atoms with van der Waals surface area (Å²) in [6.45, 7) is 5.86. The highest BCUT2D eigenvalue weighted by atomic mass is 32.1. The van der Waals surface area contributed by atoms with Crippen LogP contribution in [0.25, 0.3) is 10.2 Å². The van der Waals surface area contributed by atoms with Crippen molar-refractivity contribution in [1.82, 2.24) is 10.4 Å². The van der Waals surface area contributed by atoms with Gasteiger partial charge in [-0.3, -0.25) is 4.79 Å². The number of carbonyl (C=O) groups excluding carboxylic acids is 1. The minimum absolute atomic E-state index is 0.0598. The molecule has 0 spiro atoms. The van der Waals surface area contributed by atoms with Crippen LogP contribution in [-0.2, 0) is 4.79 Å². The molecule has 0 radical (unpaired) electrons. The summed E-state index contributed by atoms with van der Waals surface area (Å²) in [6, 6.07) is 7.95. The largest absolute Gasteiger partial charge is 0.273 e. The summed E-state index contributed by atoms with van der Waals surface area (Å²) in [6.07, 6.45) is 0.483. The van der Waals surface area contributed by atoms with Crippen molar-refractivity contribution in [1.29, 1.82) is 0 Å². The normalized spacial score (nSPS) is 12.1. The van der Waals surface area contributed by atoms with Crippen LogP contribution in [0, 0.1) is 5.92 Å². The Labute approximate surface area is 116 Å². The smallest absolute Gasteiger partial charge is 0.240 e. The van der Waals surface area contributed by atoms with Gasteiger partial charge in [-0.1, -0.05) is 26.0 Å². The molecule has 0 unspecified atom stereocenters. The first-order chi connectivity index (χ1) is 9.06. The Morgan fingerprint density at radius 1 is 1.42 bits per heavy atom. The van der Waals surface area contributed by atoms with Crippen LogP contribution in [0.5, 0.6) is 0 Å². The van der Waals surface area contributed by atoms with Gasteiger partial charge in [-0.15, -0.1) is 11.3 Å². The topological polar surface area (TPSA) is 54.4 Å². The SMILES string of the molecule is C/C(=N/NC(=O)CC(C)C)c1nc2ccccc2s1. The van der Waals surface area contributed by atoms with Crippen LogP contribution >= 0.6 is 11.3 Å². The molecule has 1 aromatic carbocycles. The van der Waals surface area contributed by atoms with Crippen molar-refractivity contribution >= 4 is 33.2 Å². The molecule has 100 valence electrons. The fraction of sp³-hybridized carbons (Fsp3) is 0.357. The van der Waals surface area contributed by atoms with Gasteiger partial charge in [0.2, 0.25) is 5.91 Å². The van der Waals surface area contributed by atoms with Crippen LogP contribution in [-0.4, -0.2) is 16.6 Å². The third kappa shape index (κ3) is 3.61. The molecular weight excluding hydrogens is 258 g/mol. The van der Waals surface area contributed by atoms with E-state index in [4.69, 9.17) is 0 Å². The Morgan fingerprint density at radius 2 is 2.16 bits per heavy atom. The number of nitrogens with zero attached hydrogens (tertiary/aromatic N) is 2. The van der Waals surface area contributed by atoms with Crippen molar-refractivity contribution in [2.45, 2.75) is 27.2 Å². The molecule has 0 aliphatic carbocycles. The second-order valence-electron chi connectivity index (χ2n) is 4.82. The maximum absolute atomic E-state index is 11.5. The van der Waals surface area contributed by atoms with Crippen molar-refractivity contribution in [3.8, 4) is 0 Å². The van der Waals surface area contributed by atoms with Gasteiger partial charge in [-0.2, -0.15) is 5.10 Å². The van der Waals surface area contributed by atoms with E-state index in [1.165, 1.54) is 0 Å². The summed E-state index contributed by atoms with van der Waals surface area (Å²) in [5, 5.41) is 4.95. The van der Waals surface area contributed by atoms with Gasteiger partial charge >= 0.3 is 0 Å². The van der Waals surface area contributed by atoms with E-state index in [1.54, 1.807) is 11.3 Å². The monoisotopic (exact) mass is 275 g/mol. The molecule has 1 heterocycles. The number of thiazole rings is 1. The molecule has 0 fully saturated rings. The first-order valence-electron chi connectivity index (χ1n) is 6.25. The van der Waals surface area contributed by atoms with Gasteiger partial charge in [0.15, 0.2) is 0 Å². The molecule has 0 aliphatic rings. The fourth-order valence-corrected chi connectivity index (χ4v) is 2.55. The predicted molar refractivity (Wildman–Crippen MR) is 79.4 cm³/mol. The van der Waals surface area contributed by atoms with Gasteiger partial charge in [-0.25, -0.2) is 10.4 Å². The van der Waals surface area contributed by atoms with E-state index in [2.05, 4.69) is 15.5 Å². The van der Waals surface area contributed by atoms with Crippen molar-refractivity contribution < 1.29 is 4.79 Å². The molecule has 0 atom stereocenters. The number of amides is 1. The molecule has 2 aromatic rings. The van der Waals surface area contributed by atoms with Crippen LogP contribution in [0.2, 0.25) is 0 Å². The number of aromatic nitrogens is 1. The van der Waals surface area contributed by atoms with E-state index in [9.17, 15) is 4.79 Å². The number of carbonyl (C=O) groups is 1. The summed E-state index contributed by atoms with van der Waals surface area (Å²) in [4.78, 5) is 16.0. The summed E-state index contributed by atoms with van der Waals surface area (Å²) < 4.78 is 1.13. The quantitative estimate of drug-likeness (QED) is 0.688. The molecule has 19 heavy (non-hydrogen) atoms. The number of nitrogens with one attached hydrogen (secondary N) is 1. The number of hydrazone groups is 1. The summed E-state index contributed by atoms with van der Waals surface area (Å²) in [5.41, 5.74) is 4.27. The average Bonchev–Trinajstić information content (AvgIpc) is 2.78. The summed E-state index contributed by atoms with van der Waals surface area (Å²) in [7, 11) is 0. The maximum atomic E-state index is 11.5. The molecule has 1 aromatic heterocycles. The van der Waals surface area contributed by atoms with Gasteiger partial charge in [0.1, 0.15) is 5.01 Å². The van der Waals surface area contributed by atoms with Crippen LogP contribution in [0.15, 0.2) is 29.4 Å². The first-order valence-corrected chi connectivity index (χ1v) is 7.07. The standard InChI is InChI=1S/C14H17N3OS/c1-9(2)8-13(18)17-16-10(3)14-15-11-6-4-5-7-12(11)19-14/h4-7,9H,8H2,1-3H3,(H,17,18)/b16-10-. The molecule has 1 amide bonds. The van der Waals surface area contributed by atoms with E-state index < -0.39 is 0 Å². The molecule has 0 saturated carbocycles. The highest BCUT2D eigenvalue weighted by Crippen LogP contribution is 2.21. The van der Waals surface area contributed by atoms with Crippen molar-refractivity contribution in [2.75, 3.05) is 0 Å². The average molecular weight is 275 g/mol. The zero-order chi connectivity index (χ0) is 13.8. The lowest BCUT2D eigenvalue weighted by Crippen LogP contribution is -2.20. The predicted octanol–water partition coefficient (Wildman–Crippen LogP) is 3.18. The van der Waals surface area contributed by atoms with Gasteiger partial charge < -0.3 is 0 Å². The molecule has 5 heteroatoms. The van der Waals surface area contributed by atoms with E-state index in [1.807, 2.05) is 45.0 Å². The molecule has 2 rings (SSSR count). The molecule has 0 aliphatic heterocycles. The Bertz CT molecular complexity index is 583. The Balaban J connectivity index is 2.10. The minimum atomic E-state index is -0.0598. The number of rotatable bonds is 4. The zero-order valence-electron chi connectivity index (χ0n) is 11.3. The Hall–Kier alpha value is -1.75. The second kappa shape index (κ2) is 5.93. The Kier molecular flexibility index (Phi) is 4.27. The van der Waals surface area contributed by atoms with E-state index in [-0.39, 0.29) is 5.91 Å². The van der Waals surface area contributed by atoms with E-state index in [0.717, 1.165) is 20.9 Å². The second-order valence-corrected chi connectivity index (χ2v) is 5.85. The molecule has 1 N–H and O–H groups in total. The first kappa shape index (κ1) is 13.7. The lowest BCUT2D eigenvalue weighted by atomic mass is 10.1. The molecule has 4 nitrogen and oxygen atoms in total. The van der Waals surface area contributed by atoms with E-state index in [0.29, 0.717) is 12.3 Å². The van der Waals surface area contributed by atoms with Gasteiger partial charge in [0, 0.05) is 6.42 Å². The number of hydrogen-bond acceptors (Lipinski definition) is 4. The molecule has 0 bridgehead atoms.